The molecule has 2 aromatic carbocycles. The Labute approximate surface area is 191 Å². The first kappa shape index (κ1) is 20.6. The number of aromatic nitrogens is 5. The Kier molecular flexibility index (Phi) is 5.61. The molecule has 8 heteroatoms. The van der Waals surface area contributed by atoms with Crippen LogP contribution >= 0.6 is 12.2 Å². The smallest absolute Gasteiger partial charge is 0.246 e. The Morgan fingerprint density at radius 3 is 2.78 bits per heavy atom. The van der Waals surface area contributed by atoms with Gasteiger partial charge in [-0.1, -0.05) is 55.2 Å². The van der Waals surface area contributed by atoms with Gasteiger partial charge in [-0.15, -0.1) is 0 Å². The van der Waals surface area contributed by atoms with Crippen LogP contribution in [0.5, 0.6) is 0 Å². The van der Waals surface area contributed by atoms with E-state index in [9.17, 15) is 4.79 Å². The quantitative estimate of drug-likeness (QED) is 0.402. The lowest BCUT2D eigenvalue weighted by atomic mass is 9.95. The normalized spacial score (nSPS) is 14.7. The van der Waals surface area contributed by atoms with E-state index in [1.54, 1.807) is 4.57 Å². The van der Waals surface area contributed by atoms with Crippen molar-refractivity contribution < 1.29 is 4.79 Å². The van der Waals surface area contributed by atoms with Crippen molar-refractivity contribution in [1.29, 1.82) is 0 Å². The number of hydrogen-bond donors (Lipinski definition) is 2. The van der Waals surface area contributed by atoms with E-state index in [-0.39, 0.29) is 12.5 Å². The standard InChI is InChI=1S/C24H26N6OS/c1-16-8-7-9-17(14-16)22-27-28-24(32)29(22)15-21(31)26-23-25-19-12-5-6-13-20(19)30(23)18-10-3-2-4-11-18/h5-9,12-14,18H,2-4,10-11,15H2,1H3,(H,28,32)(H,25,26,31). The van der Waals surface area contributed by atoms with Crippen molar-refractivity contribution in [3.8, 4) is 11.4 Å². The number of hydrogen-bond acceptors (Lipinski definition) is 4. The number of carbonyl (C=O) groups excluding carboxylic acids is 1. The third-order valence-electron chi connectivity index (χ3n) is 6.12. The second-order valence-electron chi connectivity index (χ2n) is 8.44. The fourth-order valence-corrected chi connectivity index (χ4v) is 4.81. The molecule has 2 heterocycles. The van der Waals surface area contributed by atoms with Gasteiger partial charge in [0.25, 0.3) is 0 Å². The molecule has 0 radical (unpaired) electrons. The molecule has 0 atom stereocenters. The van der Waals surface area contributed by atoms with Crippen molar-refractivity contribution in [1.82, 2.24) is 24.3 Å². The minimum atomic E-state index is -0.177. The summed E-state index contributed by atoms with van der Waals surface area (Å²) in [4.78, 5) is 17.9. The topological polar surface area (TPSA) is 80.5 Å². The lowest BCUT2D eigenvalue weighted by Crippen LogP contribution is -2.23. The molecule has 1 aliphatic rings. The summed E-state index contributed by atoms with van der Waals surface area (Å²) in [5.41, 5.74) is 4.00. The zero-order valence-electron chi connectivity index (χ0n) is 18.0. The molecule has 7 nitrogen and oxygen atoms in total. The van der Waals surface area contributed by atoms with Crippen LogP contribution < -0.4 is 5.32 Å². The Hall–Kier alpha value is -3.26. The number of aryl methyl sites for hydroxylation is 1. The summed E-state index contributed by atoms with van der Waals surface area (Å²) in [6.07, 6.45) is 5.88. The van der Waals surface area contributed by atoms with Gasteiger partial charge in [0.1, 0.15) is 6.54 Å². The molecule has 5 rings (SSSR count). The van der Waals surface area contributed by atoms with Gasteiger partial charge in [0.15, 0.2) is 10.6 Å². The first-order valence-electron chi connectivity index (χ1n) is 11.1. The first-order chi connectivity index (χ1) is 15.6. The van der Waals surface area contributed by atoms with Crippen molar-refractivity contribution >= 4 is 35.1 Å². The van der Waals surface area contributed by atoms with Gasteiger partial charge >= 0.3 is 0 Å². The number of para-hydroxylation sites is 2. The Balaban J connectivity index is 1.44. The van der Waals surface area contributed by atoms with E-state index < -0.39 is 0 Å². The van der Waals surface area contributed by atoms with E-state index in [2.05, 4.69) is 26.1 Å². The van der Waals surface area contributed by atoms with Crippen molar-refractivity contribution in [3.63, 3.8) is 0 Å². The maximum Gasteiger partial charge on any atom is 0.246 e. The van der Waals surface area contributed by atoms with Gasteiger partial charge in [0, 0.05) is 11.6 Å². The molecule has 0 unspecified atom stereocenters. The Bertz CT molecular complexity index is 1330. The van der Waals surface area contributed by atoms with Crippen molar-refractivity contribution in [2.24, 2.45) is 0 Å². The zero-order chi connectivity index (χ0) is 22.1. The van der Waals surface area contributed by atoms with Crippen LogP contribution in [0.3, 0.4) is 0 Å². The molecule has 32 heavy (non-hydrogen) atoms. The molecule has 0 spiro atoms. The Morgan fingerprint density at radius 1 is 1.16 bits per heavy atom. The molecule has 1 fully saturated rings. The van der Waals surface area contributed by atoms with Crippen LogP contribution in [0.2, 0.25) is 0 Å². The number of benzene rings is 2. The number of carbonyl (C=O) groups is 1. The van der Waals surface area contributed by atoms with Gasteiger partial charge in [-0.25, -0.2) is 4.98 Å². The largest absolute Gasteiger partial charge is 0.307 e. The van der Waals surface area contributed by atoms with Gasteiger partial charge in [-0.3, -0.25) is 19.8 Å². The van der Waals surface area contributed by atoms with Crippen molar-refractivity contribution in [3.05, 3.63) is 58.9 Å². The average molecular weight is 447 g/mol. The predicted molar refractivity (Wildman–Crippen MR) is 128 cm³/mol. The lowest BCUT2D eigenvalue weighted by molar-refractivity contribution is -0.116. The minimum Gasteiger partial charge on any atom is -0.307 e. The molecule has 1 amide bonds. The molecule has 164 valence electrons. The highest BCUT2D eigenvalue weighted by molar-refractivity contribution is 7.71. The van der Waals surface area contributed by atoms with Crippen LogP contribution in [0.15, 0.2) is 48.5 Å². The minimum absolute atomic E-state index is 0.0620. The monoisotopic (exact) mass is 446 g/mol. The number of anilines is 1. The molecule has 1 saturated carbocycles. The van der Waals surface area contributed by atoms with Gasteiger partial charge in [-0.2, -0.15) is 5.10 Å². The summed E-state index contributed by atoms with van der Waals surface area (Å²) in [5, 5.41) is 10.2. The fourth-order valence-electron chi connectivity index (χ4n) is 4.62. The molecular formula is C24H26N6OS. The highest BCUT2D eigenvalue weighted by Gasteiger charge is 2.23. The van der Waals surface area contributed by atoms with Crippen molar-refractivity contribution in [2.45, 2.75) is 51.6 Å². The third kappa shape index (κ3) is 3.98. The molecule has 0 aliphatic heterocycles. The first-order valence-corrected chi connectivity index (χ1v) is 11.5. The summed E-state index contributed by atoms with van der Waals surface area (Å²) in [6.45, 7) is 2.09. The summed E-state index contributed by atoms with van der Waals surface area (Å²) < 4.78 is 4.35. The van der Waals surface area contributed by atoms with Crippen LogP contribution in [0, 0.1) is 11.7 Å². The van der Waals surface area contributed by atoms with Gasteiger partial charge < -0.3 is 4.57 Å². The second kappa shape index (κ2) is 8.70. The molecule has 0 saturated heterocycles. The molecule has 0 bridgehead atoms. The highest BCUT2D eigenvalue weighted by Crippen LogP contribution is 2.34. The number of nitrogens with zero attached hydrogens (tertiary/aromatic N) is 4. The lowest BCUT2D eigenvalue weighted by Gasteiger charge is -2.25. The van der Waals surface area contributed by atoms with E-state index in [4.69, 9.17) is 17.2 Å². The van der Waals surface area contributed by atoms with Gasteiger partial charge in [-0.05, 0) is 50.2 Å². The number of imidazole rings is 1. The van der Waals surface area contributed by atoms with E-state index in [1.807, 2.05) is 49.4 Å². The summed E-state index contributed by atoms with van der Waals surface area (Å²) >= 11 is 5.41. The zero-order valence-corrected chi connectivity index (χ0v) is 18.9. The van der Waals surface area contributed by atoms with E-state index in [0.29, 0.717) is 22.6 Å². The SMILES string of the molecule is Cc1cccc(-c2n[nH]c(=S)n2CC(=O)Nc2nc3ccccc3n2C2CCCCC2)c1. The third-order valence-corrected chi connectivity index (χ3v) is 6.43. The second-order valence-corrected chi connectivity index (χ2v) is 8.83. The van der Waals surface area contributed by atoms with Crippen LogP contribution in [-0.4, -0.2) is 30.2 Å². The van der Waals surface area contributed by atoms with E-state index in [0.717, 1.165) is 35.0 Å². The number of fused-ring (bicyclic) bond motifs is 1. The molecule has 2 aromatic heterocycles. The highest BCUT2D eigenvalue weighted by atomic mass is 32.1. The Morgan fingerprint density at radius 2 is 1.97 bits per heavy atom. The molecule has 2 N–H and O–H groups in total. The number of amides is 1. The molecule has 4 aromatic rings. The maximum absolute atomic E-state index is 13.1. The van der Waals surface area contributed by atoms with Crippen LogP contribution in [0.4, 0.5) is 5.95 Å². The number of nitrogens with one attached hydrogen (secondary N) is 2. The molecular weight excluding hydrogens is 420 g/mol. The van der Waals surface area contributed by atoms with Crippen LogP contribution in [0.1, 0.15) is 43.7 Å². The maximum atomic E-state index is 13.1. The fraction of sp³-hybridized carbons (Fsp3) is 0.333. The predicted octanol–water partition coefficient (Wildman–Crippen LogP) is 5.41. The summed E-state index contributed by atoms with van der Waals surface area (Å²) in [5.74, 6) is 1.08. The van der Waals surface area contributed by atoms with Crippen molar-refractivity contribution in [2.75, 3.05) is 5.32 Å². The van der Waals surface area contributed by atoms with Crippen LogP contribution in [0.25, 0.3) is 22.4 Å². The number of aromatic amines is 1. The average Bonchev–Trinajstić information content (AvgIpc) is 3.34. The van der Waals surface area contributed by atoms with E-state index >= 15 is 0 Å². The number of H-pyrrole nitrogens is 1. The van der Waals surface area contributed by atoms with Gasteiger partial charge in [0.2, 0.25) is 11.9 Å². The van der Waals surface area contributed by atoms with E-state index in [1.165, 1.54) is 19.3 Å². The van der Waals surface area contributed by atoms with Gasteiger partial charge in [0.05, 0.1) is 11.0 Å². The summed E-state index contributed by atoms with van der Waals surface area (Å²) in [7, 11) is 0. The summed E-state index contributed by atoms with van der Waals surface area (Å²) in [6, 6.07) is 16.4. The van der Waals surface area contributed by atoms with Crippen LogP contribution in [-0.2, 0) is 11.3 Å². The number of rotatable bonds is 5. The molecule has 1 aliphatic carbocycles.